The van der Waals surface area contributed by atoms with Crippen molar-refractivity contribution < 1.29 is 9.47 Å². The van der Waals surface area contributed by atoms with E-state index in [4.69, 9.17) is 19.6 Å². The minimum Gasteiger partial charge on any atom is -0.480 e. The molecule has 218 valence electrons. The molecule has 0 amide bonds. The molecule has 2 aliphatic heterocycles. The molecule has 2 unspecified atom stereocenters. The number of hydrogen-bond acceptors (Lipinski definition) is 6. The Labute approximate surface area is 256 Å². The fourth-order valence-corrected chi connectivity index (χ4v) is 7.26. The van der Waals surface area contributed by atoms with Gasteiger partial charge in [-0.1, -0.05) is 91.0 Å². The fourth-order valence-electron chi connectivity index (χ4n) is 7.26. The van der Waals surface area contributed by atoms with Gasteiger partial charge >= 0.3 is 0 Å². The monoisotopic (exact) mass is 579 g/mol. The van der Waals surface area contributed by atoms with Crippen molar-refractivity contribution >= 4 is 16.7 Å². The molecule has 2 fully saturated rings. The first-order valence-electron chi connectivity index (χ1n) is 15.2. The average Bonchev–Trinajstić information content (AvgIpc) is 3.61. The van der Waals surface area contributed by atoms with Gasteiger partial charge in [-0.2, -0.15) is 5.10 Å². The van der Waals surface area contributed by atoms with Gasteiger partial charge < -0.3 is 14.4 Å². The molecule has 7 nitrogen and oxygen atoms in total. The highest BCUT2D eigenvalue weighted by Gasteiger charge is 2.42. The van der Waals surface area contributed by atoms with Crippen LogP contribution in [0.5, 0.6) is 5.88 Å². The first-order valence-corrected chi connectivity index (χ1v) is 15.2. The molecule has 2 atom stereocenters. The number of benzene rings is 3. The van der Waals surface area contributed by atoms with E-state index in [2.05, 4.69) is 112 Å². The number of morpholine rings is 1. The van der Waals surface area contributed by atoms with Gasteiger partial charge in [0.1, 0.15) is 17.1 Å². The summed E-state index contributed by atoms with van der Waals surface area (Å²) in [5.41, 5.74) is 5.22. The van der Waals surface area contributed by atoms with Gasteiger partial charge in [0.25, 0.3) is 0 Å². The quantitative estimate of drug-likeness (QED) is 0.196. The lowest BCUT2D eigenvalue weighted by Crippen LogP contribution is -2.46. The fraction of sp³-hybridized carbons (Fsp3) is 0.216. The Morgan fingerprint density at radius 2 is 1.30 bits per heavy atom. The Morgan fingerprint density at radius 1 is 0.727 bits per heavy atom. The highest BCUT2D eigenvalue weighted by molar-refractivity contribution is 5.97. The van der Waals surface area contributed by atoms with Crippen LogP contribution in [0.4, 0.5) is 5.82 Å². The zero-order chi connectivity index (χ0) is 29.5. The Morgan fingerprint density at radius 3 is 1.86 bits per heavy atom. The predicted octanol–water partition coefficient (Wildman–Crippen LogP) is 6.71. The van der Waals surface area contributed by atoms with Crippen molar-refractivity contribution in [3.8, 4) is 17.1 Å². The molecule has 2 bridgehead atoms. The lowest BCUT2D eigenvalue weighted by Gasteiger charge is -2.37. The molecular weight excluding hydrogens is 546 g/mol. The van der Waals surface area contributed by atoms with E-state index in [1.54, 1.807) is 13.3 Å². The van der Waals surface area contributed by atoms with Crippen LogP contribution < -0.4 is 9.64 Å². The Kier molecular flexibility index (Phi) is 6.60. The molecule has 2 saturated heterocycles. The zero-order valence-electron chi connectivity index (χ0n) is 24.6. The molecule has 0 aliphatic carbocycles. The number of methoxy groups -OCH3 is 1. The van der Waals surface area contributed by atoms with Crippen molar-refractivity contribution in [1.82, 2.24) is 19.7 Å². The number of rotatable bonds is 7. The van der Waals surface area contributed by atoms with Crippen molar-refractivity contribution in [2.45, 2.75) is 30.5 Å². The highest BCUT2D eigenvalue weighted by atomic mass is 16.5. The van der Waals surface area contributed by atoms with Crippen LogP contribution in [0.1, 0.15) is 29.5 Å². The number of pyridine rings is 2. The van der Waals surface area contributed by atoms with Crippen molar-refractivity contribution in [2.24, 2.45) is 0 Å². The van der Waals surface area contributed by atoms with E-state index in [-0.39, 0.29) is 0 Å². The molecule has 2 aliphatic rings. The summed E-state index contributed by atoms with van der Waals surface area (Å²) in [5, 5.41) is 6.40. The summed E-state index contributed by atoms with van der Waals surface area (Å²) < 4.78 is 14.0. The number of nitrogens with zero attached hydrogens (tertiary/aromatic N) is 5. The van der Waals surface area contributed by atoms with E-state index >= 15 is 0 Å². The third kappa shape index (κ3) is 4.11. The van der Waals surface area contributed by atoms with Crippen LogP contribution in [-0.4, -0.2) is 52.2 Å². The van der Waals surface area contributed by atoms with Gasteiger partial charge in [-0.15, -0.1) is 0 Å². The van der Waals surface area contributed by atoms with E-state index in [1.165, 1.54) is 0 Å². The van der Waals surface area contributed by atoms with Crippen molar-refractivity contribution in [3.63, 3.8) is 0 Å². The largest absolute Gasteiger partial charge is 0.480 e. The number of ether oxygens (including phenoxy) is 2. The van der Waals surface area contributed by atoms with E-state index in [0.717, 1.165) is 70.7 Å². The Bertz CT molecular complexity index is 1800. The minimum atomic E-state index is -0.786. The summed E-state index contributed by atoms with van der Waals surface area (Å²) in [6.07, 6.45) is 5.95. The molecule has 3 aromatic carbocycles. The summed E-state index contributed by atoms with van der Waals surface area (Å²) >= 11 is 0. The molecule has 0 radical (unpaired) electrons. The second-order valence-corrected chi connectivity index (χ2v) is 11.5. The third-order valence-electron chi connectivity index (χ3n) is 9.17. The van der Waals surface area contributed by atoms with Crippen molar-refractivity contribution in [1.29, 1.82) is 0 Å². The van der Waals surface area contributed by atoms with Crippen molar-refractivity contribution in [2.75, 3.05) is 25.2 Å². The van der Waals surface area contributed by atoms with Crippen LogP contribution in [0.3, 0.4) is 0 Å². The maximum absolute atomic E-state index is 5.92. The van der Waals surface area contributed by atoms with Crippen LogP contribution in [-0.2, 0) is 10.3 Å². The Hall–Kier alpha value is -5.01. The number of aromatic nitrogens is 4. The van der Waals surface area contributed by atoms with Gasteiger partial charge in [0, 0.05) is 18.0 Å². The first-order chi connectivity index (χ1) is 21.8. The second kappa shape index (κ2) is 10.9. The van der Waals surface area contributed by atoms with Gasteiger partial charge in [-0.3, -0.25) is 0 Å². The topological polar surface area (TPSA) is 65.3 Å². The van der Waals surface area contributed by atoms with Gasteiger partial charge in [0.15, 0.2) is 0 Å². The summed E-state index contributed by atoms with van der Waals surface area (Å²) in [7, 11) is 1.67. The minimum absolute atomic E-state index is 0.351. The maximum Gasteiger partial charge on any atom is 0.224 e. The third-order valence-corrected chi connectivity index (χ3v) is 9.17. The van der Waals surface area contributed by atoms with Crippen LogP contribution in [0.2, 0.25) is 0 Å². The molecule has 5 heterocycles. The zero-order valence-corrected chi connectivity index (χ0v) is 24.6. The normalized spacial score (nSPS) is 18.1. The first kappa shape index (κ1) is 26.6. The molecule has 8 rings (SSSR count). The van der Waals surface area contributed by atoms with Gasteiger partial charge in [-0.05, 0) is 47.7 Å². The molecule has 6 aromatic rings. The van der Waals surface area contributed by atoms with Crippen LogP contribution >= 0.6 is 0 Å². The molecule has 3 aromatic heterocycles. The van der Waals surface area contributed by atoms with Crippen LogP contribution in [0.25, 0.3) is 22.2 Å². The molecule has 0 saturated carbocycles. The number of fused-ring (bicyclic) bond motifs is 3. The molecular formula is C37H33N5O2. The SMILES string of the molecule is COc1nccc2c1c(-c1ccnc(N3C4CCC3COC4)c1)nn2C(c1ccccc1)(c1ccccc1)c1ccccc1. The standard InChI is InChI=1S/C37H33N5O2/c1-43-36-34-32(20-22-39-36)42(40-35(34)26-19-21-38-33(23-26)41-30-17-18-31(41)25-44-24-30)37(27-11-5-2-6-12-27,28-13-7-3-8-14-28)29-15-9-4-10-16-29/h2-16,19-23,30-31H,17-18,24-25H2,1H3. The Balaban J connectivity index is 1.43. The van der Waals surface area contributed by atoms with Gasteiger partial charge in [0.05, 0.1) is 43.3 Å². The molecule has 44 heavy (non-hydrogen) atoms. The lowest BCUT2D eigenvalue weighted by molar-refractivity contribution is 0.0902. The predicted molar refractivity (Wildman–Crippen MR) is 172 cm³/mol. The summed E-state index contributed by atoms with van der Waals surface area (Å²) in [4.78, 5) is 11.9. The second-order valence-electron chi connectivity index (χ2n) is 11.5. The van der Waals surface area contributed by atoms with Crippen LogP contribution in [0, 0.1) is 0 Å². The highest BCUT2D eigenvalue weighted by Crippen LogP contribution is 2.45. The van der Waals surface area contributed by atoms with E-state index < -0.39 is 5.54 Å². The van der Waals surface area contributed by atoms with Crippen molar-refractivity contribution in [3.05, 3.63) is 138 Å². The summed E-state index contributed by atoms with van der Waals surface area (Å²) in [5.74, 6) is 1.50. The maximum atomic E-state index is 5.92. The summed E-state index contributed by atoms with van der Waals surface area (Å²) in [6.45, 7) is 1.48. The summed E-state index contributed by atoms with van der Waals surface area (Å²) in [6, 6.07) is 38.8. The molecule has 7 heteroatoms. The van der Waals surface area contributed by atoms with E-state index in [0.29, 0.717) is 18.0 Å². The smallest absolute Gasteiger partial charge is 0.224 e. The van der Waals surface area contributed by atoms with Crippen LogP contribution in [0.15, 0.2) is 122 Å². The molecule has 0 spiro atoms. The van der Waals surface area contributed by atoms with Gasteiger partial charge in [0.2, 0.25) is 5.88 Å². The average molecular weight is 580 g/mol. The lowest BCUT2D eigenvalue weighted by atomic mass is 9.77. The number of anilines is 1. The molecule has 0 N–H and O–H groups in total. The van der Waals surface area contributed by atoms with E-state index in [1.807, 2.05) is 18.3 Å². The van der Waals surface area contributed by atoms with E-state index in [9.17, 15) is 0 Å². The van der Waals surface area contributed by atoms with Gasteiger partial charge in [-0.25, -0.2) is 14.6 Å². The number of hydrogen-bond donors (Lipinski definition) is 0.